The largest absolute Gasteiger partial charge is 0.569 e. The summed E-state index contributed by atoms with van der Waals surface area (Å²) in [7, 11) is 0. The normalized spacial score (nSPS) is 11.8. The van der Waals surface area contributed by atoms with Crippen LogP contribution < -0.4 is 4.74 Å². The Labute approximate surface area is 156 Å². The summed E-state index contributed by atoms with van der Waals surface area (Å²) in [4.78, 5) is 46.7. The van der Waals surface area contributed by atoms with Crippen molar-refractivity contribution in [2.24, 2.45) is 0 Å². The molecule has 0 fully saturated rings. The standard InChI is InChI=1S/C18H22O9/c1-4-14(20)24-18(25-15(21)5-2,26-16(22)6-3)27-17(12-19)23-13-10-8-7-9-11-13/h7-12,17H,4-6H2,1-3H3. The van der Waals surface area contributed by atoms with Crippen LogP contribution in [-0.2, 0) is 38.1 Å². The predicted octanol–water partition coefficient (Wildman–Crippen LogP) is 2.08. The second kappa shape index (κ2) is 10.9. The van der Waals surface area contributed by atoms with Crippen LogP contribution in [-0.4, -0.2) is 36.6 Å². The van der Waals surface area contributed by atoms with Gasteiger partial charge < -0.3 is 18.9 Å². The first kappa shape index (κ1) is 22.1. The minimum atomic E-state index is -2.88. The van der Waals surface area contributed by atoms with E-state index in [0.29, 0.717) is 0 Å². The lowest BCUT2D eigenvalue weighted by molar-refractivity contribution is -0.466. The van der Waals surface area contributed by atoms with Crippen LogP contribution in [0, 0.1) is 0 Å². The molecule has 1 aromatic carbocycles. The fourth-order valence-electron chi connectivity index (χ4n) is 1.62. The van der Waals surface area contributed by atoms with Gasteiger partial charge >= 0.3 is 24.1 Å². The van der Waals surface area contributed by atoms with Gasteiger partial charge in [-0.15, -0.1) is 0 Å². The number of hydrogen-bond donors (Lipinski definition) is 0. The number of carbonyl (C=O) groups excluding carboxylic acids is 4. The van der Waals surface area contributed by atoms with Gasteiger partial charge in [0.25, 0.3) is 6.29 Å². The fraction of sp³-hybridized carbons (Fsp3) is 0.444. The SMILES string of the molecule is CCC(=O)OC(OC(=O)CC)(OC(=O)CC)OC(C=O)Oc1ccccc1. The van der Waals surface area contributed by atoms with Crippen LogP contribution in [0.3, 0.4) is 0 Å². The van der Waals surface area contributed by atoms with Gasteiger partial charge in [0.1, 0.15) is 5.75 Å². The lowest BCUT2D eigenvalue weighted by atomic mass is 10.3. The van der Waals surface area contributed by atoms with Crippen molar-refractivity contribution in [1.29, 1.82) is 0 Å². The average molecular weight is 382 g/mol. The second-order valence-corrected chi connectivity index (χ2v) is 5.04. The molecule has 0 heterocycles. The Bertz CT molecular complexity index is 596. The quantitative estimate of drug-likeness (QED) is 0.322. The minimum Gasteiger partial charge on any atom is -0.457 e. The van der Waals surface area contributed by atoms with Gasteiger partial charge in [-0.2, -0.15) is 0 Å². The Hall–Kier alpha value is -2.94. The van der Waals surface area contributed by atoms with Crippen LogP contribution in [0.1, 0.15) is 40.0 Å². The molecule has 1 unspecified atom stereocenters. The Morgan fingerprint density at radius 3 is 1.70 bits per heavy atom. The molecular weight excluding hydrogens is 360 g/mol. The molecule has 0 radical (unpaired) electrons. The third-order valence-corrected chi connectivity index (χ3v) is 2.95. The van der Waals surface area contributed by atoms with Gasteiger partial charge in [0, 0.05) is 19.3 Å². The zero-order valence-electron chi connectivity index (χ0n) is 15.3. The van der Waals surface area contributed by atoms with Crippen LogP contribution in [0.15, 0.2) is 30.3 Å². The molecule has 0 amide bonds. The summed E-state index contributed by atoms with van der Waals surface area (Å²) in [5, 5.41) is 0. The van der Waals surface area contributed by atoms with E-state index in [9.17, 15) is 19.2 Å². The Morgan fingerprint density at radius 2 is 1.33 bits per heavy atom. The maximum atomic E-state index is 11.8. The smallest absolute Gasteiger partial charge is 0.457 e. The zero-order valence-corrected chi connectivity index (χ0v) is 15.3. The highest BCUT2D eigenvalue weighted by molar-refractivity contribution is 5.73. The van der Waals surface area contributed by atoms with Gasteiger partial charge in [0.2, 0.25) is 0 Å². The van der Waals surface area contributed by atoms with E-state index >= 15 is 0 Å². The van der Waals surface area contributed by atoms with E-state index in [1.807, 2.05) is 0 Å². The molecule has 1 atom stereocenters. The van der Waals surface area contributed by atoms with Crippen molar-refractivity contribution in [3.05, 3.63) is 30.3 Å². The molecule has 9 nitrogen and oxygen atoms in total. The molecule has 0 aliphatic heterocycles. The summed E-state index contributed by atoms with van der Waals surface area (Å²) in [6.45, 7) is 4.40. The molecule has 27 heavy (non-hydrogen) atoms. The molecule has 0 aliphatic carbocycles. The van der Waals surface area contributed by atoms with E-state index < -0.39 is 30.4 Å². The van der Waals surface area contributed by atoms with Gasteiger partial charge in [-0.3, -0.25) is 19.2 Å². The topological polar surface area (TPSA) is 114 Å². The van der Waals surface area contributed by atoms with Crippen LogP contribution in [0.2, 0.25) is 0 Å². The number of aldehydes is 1. The molecule has 0 spiro atoms. The summed E-state index contributed by atoms with van der Waals surface area (Å²) in [6.07, 6.45) is -4.77. The molecule has 0 aromatic heterocycles. The van der Waals surface area contributed by atoms with Crippen LogP contribution >= 0.6 is 0 Å². The van der Waals surface area contributed by atoms with Gasteiger partial charge in [-0.25, -0.2) is 4.74 Å². The van der Waals surface area contributed by atoms with E-state index in [4.69, 9.17) is 23.7 Å². The highest BCUT2D eigenvalue weighted by Gasteiger charge is 2.48. The van der Waals surface area contributed by atoms with Crippen molar-refractivity contribution in [2.45, 2.75) is 52.5 Å². The molecule has 0 N–H and O–H groups in total. The molecule has 0 bridgehead atoms. The second-order valence-electron chi connectivity index (χ2n) is 5.04. The van der Waals surface area contributed by atoms with Crippen molar-refractivity contribution >= 4 is 24.2 Å². The number of esters is 3. The van der Waals surface area contributed by atoms with Gasteiger partial charge in [-0.1, -0.05) is 39.0 Å². The van der Waals surface area contributed by atoms with E-state index in [1.165, 1.54) is 32.9 Å². The van der Waals surface area contributed by atoms with E-state index in [0.717, 1.165) is 0 Å². The Morgan fingerprint density at radius 1 is 0.889 bits per heavy atom. The summed E-state index contributed by atoms with van der Waals surface area (Å²) in [6, 6.07) is 8.10. The molecule has 0 saturated carbocycles. The average Bonchev–Trinajstić information content (AvgIpc) is 2.67. The number of carbonyl (C=O) groups is 4. The zero-order chi connectivity index (χ0) is 20.3. The molecule has 0 saturated heterocycles. The number of hydrogen-bond acceptors (Lipinski definition) is 9. The number of para-hydroxylation sites is 1. The summed E-state index contributed by atoms with van der Waals surface area (Å²) < 4.78 is 25.2. The Kier molecular flexibility index (Phi) is 8.94. The van der Waals surface area contributed by atoms with Gasteiger partial charge in [0.15, 0.2) is 6.29 Å². The number of ether oxygens (including phenoxy) is 5. The lowest BCUT2D eigenvalue weighted by Crippen LogP contribution is -2.50. The Balaban J connectivity index is 3.16. The van der Waals surface area contributed by atoms with Crippen molar-refractivity contribution in [3.63, 3.8) is 0 Å². The van der Waals surface area contributed by atoms with E-state index in [-0.39, 0.29) is 31.3 Å². The maximum absolute atomic E-state index is 11.8. The van der Waals surface area contributed by atoms with Crippen LogP contribution in [0.4, 0.5) is 0 Å². The van der Waals surface area contributed by atoms with E-state index in [1.54, 1.807) is 18.2 Å². The highest BCUT2D eigenvalue weighted by atomic mass is 17.0. The first-order valence-corrected chi connectivity index (χ1v) is 8.38. The third kappa shape index (κ3) is 7.45. The number of rotatable bonds is 11. The van der Waals surface area contributed by atoms with Crippen LogP contribution in [0.25, 0.3) is 0 Å². The fourth-order valence-corrected chi connectivity index (χ4v) is 1.62. The van der Waals surface area contributed by atoms with Gasteiger partial charge in [0.05, 0.1) is 0 Å². The molecule has 1 rings (SSSR count). The molecule has 9 heteroatoms. The monoisotopic (exact) mass is 382 g/mol. The first-order valence-electron chi connectivity index (χ1n) is 8.38. The van der Waals surface area contributed by atoms with Crippen molar-refractivity contribution in [1.82, 2.24) is 0 Å². The summed E-state index contributed by atoms with van der Waals surface area (Å²) in [5.41, 5.74) is 0. The highest BCUT2D eigenvalue weighted by Crippen LogP contribution is 2.24. The van der Waals surface area contributed by atoms with E-state index in [2.05, 4.69) is 0 Å². The first-order chi connectivity index (χ1) is 12.9. The van der Waals surface area contributed by atoms with Crippen LogP contribution in [0.5, 0.6) is 5.75 Å². The predicted molar refractivity (Wildman–Crippen MR) is 89.9 cm³/mol. The summed E-state index contributed by atoms with van der Waals surface area (Å²) >= 11 is 0. The van der Waals surface area contributed by atoms with Crippen molar-refractivity contribution < 1.29 is 42.9 Å². The number of benzene rings is 1. The minimum absolute atomic E-state index is 0.135. The summed E-state index contributed by atoms with van der Waals surface area (Å²) in [5.74, 6) is -2.44. The molecular formula is C18H22O9. The molecule has 148 valence electrons. The third-order valence-electron chi connectivity index (χ3n) is 2.95. The lowest BCUT2D eigenvalue weighted by Gasteiger charge is -2.31. The van der Waals surface area contributed by atoms with Gasteiger partial charge in [-0.05, 0) is 12.1 Å². The molecule has 1 aromatic rings. The molecule has 0 aliphatic rings. The maximum Gasteiger partial charge on any atom is 0.569 e. The van der Waals surface area contributed by atoms with Crippen molar-refractivity contribution in [2.75, 3.05) is 0 Å². The van der Waals surface area contributed by atoms with Crippen molar-refractivity contribution in [3.8, 4) is 5.75 Å².